The van der Waals surface area contributed by atoms with Gasteiger partial charge in [0.05, 0.1) is 0 Å². The third-order valence-corrected chi connectivity index (χ3v) is 5.58. The van der Waals surface area contributed by atoms with Gasteiger partial charge >= 0.3 is 0 Å². The predicted molar refractivity (Wildman–Crippen MR) is 125 cm³/mol. The number of hydrogen-bond acceptors (Lipinski definition) is 2. The first-order valence-electron chi connectivity index (χ1n) is 9.97. The Balaban J connectivity index is 2.08. The first kappa shape index (κ1) is 19.0. The number of pyridine rings is 1. The molecule has 1 aromatic heterocycles. The summed E-state index contributed by atoms with van der Waals surface area (Å²) in [6.07, 6.45) is 1.95. The van der Waals surface area contributed by atoms with Crippen LogP contribution in [0.4, 0.5) is 5.82 Å². The van der Waals surface area contributed by atoms with Crippen molar-refractivity contribution in [1.82, 2.24) is 4.98 Å². The Labute approximate surface area is 174 Å². The van der Waals surface area contributed by atoms with Crippen molar-refractivity contribution in [2.24, 2.45) is 0 Å². The molecule has 142 valence electrons. The van der Waals surface area contributed by atoms with Gasteiger partial charge in [0.15, 0.2) is 0 Å². The zero-order valence-corrected chi connectivity index (χ0v) is 17.2. The van der Waals surface area contributed by atoms with Crippen LogP contribution >= 0.6 is 0 Å². The molecule has 0 aliphatic carbocycles. The van der Waals surface area contributed by atoms with Gasteiger partial charge in [0.2, 0.25) is 0 Å². The average molecular weight is 376 g/mol. The number of aromatic nitrogens is 1. The number of hydrogen-bond donors (Lipinski definition) is 0. The van der Waals surface area contributed by atoms with Crippen molar-refractivity contribution in [3.05, 3.63) is 126 Å². The fourth-order valence-corrected chi connectivity index (χ4v) is 4.34. The van der Waals surface area contributed by atoms with Crippen LogP contribution < -0.4 is 10.4 Å². The van der Waals surface area contributed by atoms with E-state index in [0.717, 1.165) is 5.82 Å². The van der Waals surface area contributed by atoms with Crippen molar-refractivity contribution in [1.29, 1.82) is 0 Å². The molecule has 0 N–H and O–H groups in total. The van der Waals surface area contributed by atoms with Crippen LogP contribution in [-0.2, 0) is 5.54 Å². The Morgan fingerprint density at radius 3 is 1.52 bits per heavy atom. The Kier molecular flexibility index (Phi) is 5.22. The summed E-state index contributed by atoms with van der Waals surface area (Å²) < 4.78 is 0. The molecule has 2 nitrogen and oxygen atoms in total. The minimum atomic E-state index is -0.503. The van der Waals surface area contributed by atoms with E-state index in [4.69, 9.17) is 4.98 Å². The fraction of sp³-hybridized carbons (Fsp3) is 0.115. The summed E-state index contributed by atoms with van der Waals surface area (Å²) in [5.74, 6) is 0.979. The molecule has 0 spiro atoms. The number of nitrogens with zero attached hydrogens (tertiary/aromatic N) is 2. The molecular formula is C26H25BN2. The topological polar surface area (TPSA) is 16.1 Å². The molecular weight excluding hydrogens is 351 g/mol. The normalized spacial score (nSPS) is 11.2. The quantitative estimate of drug-likeness (QED) is 0.386. The second-order valence-corrected chi connectivity index (χ2v) is 7.52. The molecule has 1 heterocycles. The molecule has 4 rings (SSSR count). The number of benzene rings is 3. The molecule has 0 fully saturated rings. The van der Waals surface area contributed by atoms with E-state index >= 15 is 0 Å². The Hall–Kier alpha value is -3.33. The summed E-state index contributed by atoms with van der Waals surface area (Å²) in [5, 5.41) is 0. The molecule has 4 aromatic rings. The SMILES string of the molecule is Bc1cnc(N(C)C(c2ccccc2)(c2ccccc2)c2ccccc2)c(C)c1. The van der Waals surface area contributed by atoms with E-state index in [1.807, 2.05) is 6.20 Å². The third kappa shape index (κ3) is 3.34. The smallest absolute Gasteiger partial charge is 0.141 e. The zero-order chi connectivity index (χ0) is 20.3. The fourth-order valence-electron chi connectivity index (χ4n) is 4.34. The highest BCUT2D eigenvalue weighted by atomic mass is 15.2. The highest BCUT2D eigenvalue weighted by Crippen LogP contribution is 2.43. The minimum absolute atomic E-state index is 0.503. The lowest BCUT2D eigenvalue weighted by Crippen LogP contribution is -2.47. The van der Waals surface area contributed by atoms with Crippen LogP contribution in [0.15, 0.2) is 103 Å². The number of anilines is 1. The van der Waals surface area contributed by atoms with Crippen molar-refractivity contribution >= 4 is 19.1 Å². The summed E-state index contributed by atoms with van der Waals surface area (Å²) in [6, 6.07) is 34.3. The van der Waals surface area contributed by atoms with Crippen LogP contribution in [0.3, 0.4) is 0 Å². The summed E-state index contributed by atoms with van der Waals surface area (Å²) >= 11 is 0. The van der Waals surface area contributed by atoms with Gasteiger partial charge in [0.25, 0.3) is 0 Å². The van der Waals surface area contributed by atoms with Crippen LogP contribution in [0, 0.1) is 6.92 Å². The van der Waals surface area contributed by atoms with Gasteiger partial charge in [-0.3, -0.25) is 0 Å². The molecule has 0 saturated carbocycles. The van der Waals surface area contributed by atoms with E-state index < -0.39 is 5.54 Å². The maximum Gasteiger partial charge on any atom is 0.141 e. The first-order valence-corrected chi connectivity index (χ1v) is 9.97. The summed E-state index contributed by atoms with van der Waals surface area (Å²) in [7, 11) is 4.24. The summed E-state index contributed by atoms with van der Waals surface area (Å²) in [4.78, 5) is 7.17. The molecule has 0 atom stereocenters. The molecule has 0 bridgehead atoms. The molecule has 3 aromatic carbocycles. The Bertz CT molecular complexity index is 983. The predicted octanol–water partition coefficient (Wildman–Crippen LogP) is 4.08. The van der Waals surface area contributed by atoms with Gasteiger partial charge in [-0.25, -0.2) is 4.98 Å². The van der Waals surface area contributed by atoms with E-state index in [1.165, 1.54) is 27.7 Å². The van der Waals surface area contributed by atoms with Crippen molar-refractivity contribution < 1.29 is 0 Å². The second kappa shape index (κ2) is 7.96. The largest absolute Gasteiger partial charge is 0.342 e. The number of aryl methyl sites for hydroxylation is 1. The third-order valence-electron chi connectivity index (χ3n) is 5.58. The van der Waals surface area contributed by atoms with Gasteiger partial charge in [0.1, 0.15) is 19.2 Å². The summed E-state index contributed by atoms with van der Waals surface area (Å²) in [6.45, 7) is 2.14. The standard InChI is InChI=1S/C26H25BN2/c1-20-18-24(27)19-28-25(20)29(2)26(21-12-6-3-7-13-21,22-14-8-4-9-15-22)23-16-10-5-11-17-23/h3-19H,27H2,1-2H3. The maximum atomic E-state index is 4.85. The molecule has 0 aliphatic heterocycles. The minimum Gasteiger partial charge on any atom is -0.342 e. The molecule has 29 heavy (non-hydrogen) atoms. The monoisotopic (exact) mass is 376 g/mol. The maximum absolute atomic E-state index is 4.85. The van der Waals surface area contributed by atoms with Crippen LogP contribution in [0.2, 0.25) is 0 Å². The van der Waals surface area contributed by atoms with Gasteiger partial charge in [-0.05, 0) is 29.2 Å². The van der Waals surface area contributed by atoms with Gasteiger partial charge in [-0.15, -0.1) is 0 Å². The van der Waals surface area contributed by atoms with Crippen molar-refractivity contribution in [2.45, 2.75) is 12.5 Å². The lowest BCUT2D eigenvalue weighted by atomic mass is 9.75. The Morgan fingerprint density at radius 1 is 0.724 bits per heavy atom. The van der Waals surface area contributed by atoms with Crippen LogP contribution in [0.25, 0.3) is 0 Å². The molecule has 0 radical (unpaired) electrons. The Morgan fingerprint density at radius 2 is 1.14 bits per heavy atom. The van der Waals surface area contributed by atoms with Crippen molar-refractivity contribution in [2.75, 3.05) is 11.9 Å². The lowest BCUT2D eigenvalue weighted by molar-refractivity contribution is 0.594. The lowest BCUT2D eigenvalue weighted by Gasteiger charge is -2.45. The molecule has 0 unspecified atom stereocenters. The van der Waals surface area contributed by atoms with E-state index in [0.29, 0.717) is 0 Å². The van der Waals surface area contributed by atoms with Gasteiger partial charge in [-0.1, -0.05) is 103 Å². The number of rotatable bonds is 5. The first-order chi connectivity index (χ1) is 14.1. The highest BCUT2D eigenvalue weighted by molar-refractivity contribution is 6.32. The van der Waals surface area contributed by atoms with Crippen molar-refractivity contribution in [3.8, 4) is 0 Å². The zero-order valence-electron chi connectivity index (χ0n) is 17.2. The van der Waals surface area contributed by atoms with E-state index in [2.05, 4.69) is 124 Å². The molecule has 0 saturated heterocycles. The van der Waals surface area contributed by atoms with Crippen molar-refractivity contribution in [3.63, 3.8) is 0 Å². The second-order valence-electron chi connectivity index (χ2n) is 7.52. The van der Waals surface area contributed by atoms with Crippen LogP contribution in [0.1, 0.15) is 22.3 Å². The summed E-state index contributed by atoms with van der Waals surface area (Å²) in [5.41, 5.74) is 5.46. The molecule has 0 aliphatic rings. The van der Waals surface area contributed by atoms with Gasteiger partial charge in [-0.2, -0.15) is 0 Å². The van der Waals surface area contributed by atoms with Crippen LogP contribution in [-0.4, -0.2) is 19.9 Å². The van der Waals surface area contributed by atoms with E-state index in [9.17, 15) is 0 Å². The van der Waals surface area contributed by atoms with Gasteiger partial charge in [0, 0.05) is 13.2 Å². The molecule has 0 amide bonds. The van der Waals surface area contributed by atoms with Gasteiger partial charge < -0.3 is 4.90 Å². The average Bonchev–Trinajstić information content (AvgIpc) is 2.76. The van der Waals surface area contributed by atoms with Crippen LogP contribution in [0.5, 0.6) is 0 Å². The van der Waals surface area contributed by atoms with E-state index in [-0.39, 0.29) is 0 Å². The molecule has 3 heteroatoms. The van der Waals surface area contributed by atoms with E-state index in [1.54, 1.807) is 0 Å². The highest BCUT2D eigenvalue weighted by Gasteiger charge is 2.41.